The van der Waals surface area contributed by atoms with Crippen molar-refractivity contribution < 1.29 is 18.0 Å². The lowest BCUT2D eigenvalue weighted by Crippen LogP contribution is -2.54. The number of guanidine groups is 1. The number of hydrogen-bond acceptors (Lipinski definition) is 7. The Balaban J connectivity index is 1.59. The summed E-state index contributed by atoms with van der Waals surface area (Å²) in [4.78, 5) is 10.5. The van der Waals surface area contributed by atoms with Crippen molar-refractivity contribution in [2.45, 2.75) is 18.8 Å². The molecule has 2 N–H and O–H groups in total. The van der Waals surface area contributed by atoms with E-state index in [0.29, 0.717) is 44.4 Å². The number of rotatable bonds is 7. The molecule has 2 aromatic heterocycles. The van der Waals surface area contributed by atoms with Crippen LogP contribution in [-0.2, 0) is 15.8 Å². The maximum Gasteiger partial charge on any atom is 0.220 e. The zero-order valence-electron chi connectivity index (χ0n) is 16.3. The van der Waals surface area contributed by atoms with Gasteiger partial charge in [-0.15, -0.1) is 0 Å². The van der Waals surface area contributed by atoms with Crippen LogP contribution in [0.5, 0.6) is 0 Å². The highest BCUT2D eigenvalue weighted by molar-refractivity contribution is 7.88. The van der Waals surface area contributed by atoms with E-state index in [1.165, 1.54) is 10.6 Å². The van der Waals surface area contributed by atoms with E-state index >= 15 is 0 Å². The number of piperazine rings is 1. The van der Waals surface area contributed by atoms with Crippen molar-refractivity contribution in [2.24, 2.45) is 4.99 Å². The molecule has 3 heterocycles. The summed E-state index contributed by atoms with van der Waals surface area (Å²) in [6.07, 6.45) is 3.90. The molecule has 11 heteroatoms. The Labute approximate surface area is 170 Å². The molecule has 0 radical (unpaired) electrons. The third-order valence-corrected chi connectivity index (χ3v) is 6.41. The molecule has 1 aliphatic rings. The third kappa shape index (κ3) is 5.75. The summed E-state index contributed by atoms with van der Waals surface area (Å²) < 4.78 is 31.3. The van der Waals surface area contributed by atoms with E-state index in [1.54, 1.807) is 30.6 Å². The maximum atomic E-state index is 12.6. The fourth-order valence-corrected chi connectivity index (χ4v) is 4.48. The van der Waals surface area contributed by atoms with Crippen molar-refractivity contribution in [2.75, 3.05) is 39.3 Å². The van der Waals surface area contributed by atoms with Crippen LogP contribution in [0.3, 0.4) is 0 Å². The molecule has 0 saturated carbocycles. The number of aliphatic hydroxyl groups is 1. The lowest BCUT2D eigenvalue weighted by Gasteiger charge is -2.35. The quantitative estimate of drug-likeness (QED) is 0.480. The predicted molar refractivity (Wildman–Crippen MR) is 107 cm³/mol. The van der Waals surface area contributed by atoms with E-state index < -0.39 is 16.1 Å². The summed E-state index contributed by atoms with van der Waals surface area (Å²) in [7, 11) is -3.45. The van der Waals surface area contributed by atoms with Gasteiger partial charge in [-0.3, -0.25) is 9.98 Å². The van der Waals surface area contributed by atoms with E-state index in [-0.39, 0.29) is 12.3 Å². The average molecular weight is 423 g/mol. The number of pyridine rings is 1. The fourth-order valence-electron chi connectivity index (χ4n) is 3.06. The molecule has 1 atom stereocenters. The number of aromatic nitrogens is 2. The van der Waals surface area contributed by atoms with Crippen LogP contribution >= 0.6 is 0 Å². The van der Waals surface area contributed by atoms with E-state index in [4.69, 9.17) is 4.52 Å². The highest BCUT2D eigenvalue weighted by Gasteiger charge is 2.29. The number of nitrogens with zero attached hydrogens (tertiary/aromatic N) is 5. The lowest BCUT2D eigenvalue weighted by molar-refractivity contribution is 0.186. The van der Waals surface area contributed by atoms with Crippen molar-refractivity contribution in [3.63, 3.8) is 0 Å². The summed E-state index contributed by atoms with van der Waals surface area (Å²) in [5, 5.41) is 17.2. The molecule has 1 unspecified atom stereocenters. The van der Waals surface area contributed by atoms with Crippen molar-refractivity contribution in [3.8, 4) is 0 Å². The van der Waals surface area contributed by atoms with Crippen LogP contribution < -0.4 is 5.32 Å². The normalized spacial score (nSPS) is 17.3. The predicted octanol–water partition coefficient (Wildman–Crippen LogP) is 0.216. The Hall–Kier alpha value is -2.50. The summed E-state index contributed by atoms with van der Waals surface area (Å²) in [5.41, 5.74) is 1.15. The Morgan fingerprint density at radius 2 is 2.00 bits per heavy atom. The standard InChI is InChI=1S/C18H26N6O4S/c1-2-20-18(21-13-17(25)15-3-6-19-7-4-15)23-8-10-24(11-9-23)29(26,27)14-16-5-12-28-22-16/h3-7,12,17,25H,2,8-11,13-14H2,1H3,(H,20,21). The zero-order valence-corrected chi connectivity index (χ0v) is 17.1. The minimum absolute atomic E-state index is 0.171. The fraction of sp³-hybridized carbons (Fsp3) is 0.500. The Kier molecular flexibility index (Phi) is 7.18. The molecule has 0 amide bonds. The topological polar surface area (TPSA) is 124 Å². The second-order valence-corrected chi connectivity index (χ2v) is 8.59. The van der Waals surface area contributed by atoms with Crippen LogP contribution in [0.15, 0.2) is 46.4 Å². The van der Waals surface area contributed by atoms with Gasteiger partial charge in [-0.05, 0) is 24.6 Å². The van der Waals surface area contributed by atoms with Gasteiger partial charge in [0.05, 0.1) is 18.3 Å². The number of nitrogens with one attached hydrogen (secondary N) is 1. The maximum absolute atomic E-state index is 12.6. The first-order valence-electron chi connectivity index (χ1n) is 9.48. The van der Waals surface area contributed by atoms with Gasteiger partial charge >= 0.3 is 0 Å². The van der Waals surface area contributed by atoms with E-state index in [1.807, 2.05) is 11.8 Å². The average Bonchev–Trinajstić information content (AvgIpc) is 3.24. The van der Waals surface area contributed by atoms with Crippen molar-refractivity contribution in [3.05, 3.63) is 48.1 Å². The molecular weight excluding hydrogens is 396 g/mol. The molecule has 158 valence electrons. The van der Waals surface area contributed by atoms with Crippen molar-refractivity contribution in [1.82, 2.24) is 24.7 Å². The molecule has 0 bridgehead atoms. The molecule has 29 heavy (non-hydrogen) atoms. The zero-order chi connectivity index (χ0) is 20.7. The largest absolute Gasteiger partial charge is 0.386 e. The van der Waals surface area contributed by atoms with E-state index in [9.17, 15) is 13.5 Å². The minimum atomic E-state index is -3.45. The van der Waals surface area contributed by atoms with Gasteiger partial charge in [-0.1, -0.05) is 5.16 Å². The highest BCUT2D eigenvalue weighted by atomic mass is 32.2. The van der Waals surface area contributed by atoms with Crippen LogP contribution in [0, 0.1) is 0 Å². The number of sulfonamides is 1. The van der Waals surface area contributed by atoms with Gasteiger partial charge in [0.2, 0.25) is 10.0 Å². The van der Waals surface area contributed by atoms with Gasteiger partial charge in [0, 0.05) is 51.2 Å². The first-order valence-corrected chi connectivity index (χ1v) is 11.1. The van der Waals surface area contributed by atoms with Crippen LogP contribution in [0.4, 0.5) is 0 Å². The molecule has 10 nitrogen and oxygen atoms in total. The van der Waals surface area contributed by atoms with E-state index in [0.717, 1.165) is 5.56 Å². The first-order chi connectivity index (χ1) is 14.0. The van der Waals surface area contributed by atoms with Crippen LogP contribution in [-0.4, -0.2) is 78.1 Å². The first kappa shape index (κ1) is 21.2. The van der Waals surface area contributed by atoms with Gasteiger partial charge in [0.15, 0.2) is 5.96 Å². The molecule has 0 spiro atoms. The molecule has 3 rings (SSSR count). The monoisotopic (exact) mass is 422 g/mol. The second-order valence-electron chi connectivity index (χ2n) is 6.62. The summed E-state index contributed by atoms with van der Waals surface area (Å²) in [6, 6.07) is 5.06. The van der Waals surface area contributed by atoms with Crippen LogP contribution in [0.2, 0.25) is 0 Å². The smallest absolute Gasteiger partial charge is 0.220 e. The SMILES string of the molecule is CCNC(=NCC(O)c1ccncc1)N1CCN(S(=O)(=O)Cc2ccon2)CC1. The molecule has 0 aromatic carbocycles. The summed E-state index contributed by atoms with van der Waals surface area (Å²) in [6.45, 7) is 4.58. The summed E-state index contributed by atoms with van der Waals surface area (Å²) >= 11 is 0. The molecule has 1 fully saturated rings. The number of hydrogen-bond donors (Lipinski definition) is 2. The Morgan fingerprint density at radius 3 is 2.62 bits per heavy atom. The highest BCUT2D eigenvalue weighted by Crippen LogP contribution is 2.14. The molecule has 1 aliphatic heterocycles. The van der Waals surface area contributed by atoms with Gasteiger partial charge in [-0.2, -0.15) is 4.31 Å². The van der Waals surface area contributed by atoms with Gasteiger partial charge in [0.25, 0.3) is 0 Å². The van der Waals surface area contributed by atoms with Crippen LogP contribution in [0.1, 0.15) is 24.3 Å². The van der Waals surface area contributed by atoms with E-state index in [2.05, 4.69) is 20.4 Å². The number of aliphatic hydroxyl groups excluding tert-OH is 1. The van der Waals surface area contributed by atoms with Crippen LogP contribution in [0.25, 0.3) is 0 Å². The van der Waals surface area contributed by atoms with Crippen molar-refractivity contribution >= 4 is 16.0 Å². The number of aliphatic imine (C=N–C) groups is 1. The molecular formula is C18H26N6O4S. The van der Waals surface area contributed by atoms with Gasteiger partial charge < -0.3 is 19.8 Å². The molecule has 2 aromatic rings. The van der Waals surface area contributed by atoms with Crippen molar-refractivity contribution in [1.29, 1.82) is 0 Å². The Morgan fingerprint density at radius 1 is 1.28 bits per heavy atom. The van der Waals surface area contributed by atoms with Gasteiger partial charge in [0.1, 0.15) is 12.0 Å². The third-order valence-electron chi connectivity index (χ3n) is 4.59. The molecule has 1 saturated heterocycles. The molecule has 0 aliphatic carbocycles. The van der Waals surface area contributed by atoms with Gasteiger partial charge in [-0.25, -0.2) is 8.42 Å². The summed E-state index contributed by atoms with van der Waals surface area (Å²) in [5.74, 6) is 0.490. The second kappa shape index (κ2) is 9.81. The minimum Gasteiger partial charge on any atom is -0.386 e. The lowest BCUT2D eigenvalue weighted by atomic mass is 10.1. The Bertz CT molecular complexity index is 880.